The summed E-state index contributed by atoms with van der Waals surface area (Å²) in [6.45, 7) is 4.04. The van der Waals surface area contributed by atoms with Gasteiger partial charge in [-0.25, -0.2) is 8.78 Å². The van der Waals surface area contributed by atoms with Crippen LogP contribution in [-0.4, -0.2) is 24.3 Å². The number of hydrogen-bond donors (Lipinski definition) is 1. The van der Waals surface area contributed by atoms with E-state index in [2.05, 4.69) is 12.2 Å². The summed E-state index contributed by atoms with van der Waals surface area (Å²) in [6.07, 6.45) is 0.0419. The Morgan fingerprint density at radius 1 is 1.28 bits per heavy atom. The molecule has 0 bridgehead atoms. The van der Waals surface area contributed by atoms with Crippen LogP contribution in [0.25, 0.3) is 0 Å². The van der Waals surface area contributed by atoms with E-state index in [-0.39, 0.29) is 29.9 Å². The van der Waals surface area contributed by atoms with Gasteiger partial charge in [0.05, 0.1) is 12.7 Å². The molecular formula is C12H15F2NO2S. The molecule has 2 N–H and O–H groups in total. The van der Waals surface area contributed by atoms with Crippen LogP contribution in [0.2, 0.25) is 0 Å². The van der Waals surface area contributed by atoms with E-state index in [1.54, 1.807) is 0 Å². The molecule has 0 saturated heterocycles. The Balaban J connectivity index is 2.69. The maximum Gasteiger partial charge on any atom is 0.190 e. The van der Waals surface area contributed by atoms with Crippen molar-refractivity contribution in [1.82, 2.24) is 0 Å². The van der Waals surface area contributed by atoms with E-state index in [0.29, 0.717) is 0 Å². The molecule has 1 aromatic rings. The first-order chi connectivity index (χ1) is 8.41. The lowest BCUT2D eigenvalue weighted by Crippen LogP contribution is -2.14. The van der Waals surface area contributed by atoms with Crippen LogP contribution in [0.5, 0.6) is 5.75 Å². The second-order valence-electron chi connectivity index (χ2n) is 3.90. The minimum absolute atomic E-state index is 0.0419. The van der Waals surface area contributed by atoms with E-state index in [1.165, 1.54) is 0 Å². The molecule has 18 heavy (non-hydrogen) atoms. The molecule has 3 nitrogen and oxygen atoms in total. The van der Waals surface area contributed by atoms with Gasteiger partial charge < -0.3 is 15.2 Å². The number of benzene rings is 1. The van der Waals surface area contributed by atoms with Crippen molar-refractivity contribution >= 4 is 17.2 Å². The minimum Gasteiger partial charge on any atom is -0.485 e. The first kappa shape index (κ1) is 14.8. The average Bonchev–Trinajstić information content (AvgIpc) is 2.26. The average molecular weight is 275 g/mol. The molecule has 0 radical (unpaired) electrons. The highest BCUT2D eigenvalue weighted by molar-refractivity contribution is 7.80. The predicted molar refractivity (Wildman–Crippen MR) is 68.8 cm³/mol. The summed E-state index contributed by atoms with van der Waals surface area (Å²) in [4.78, 5) is -0.0671. The van der Waals surface area contributed by atoms with Gasteiger partial charge in [0.2, 0.25) is 0 Å². The minimum atomic E-state index is -0.831. The SMILES string of the molecule is CC(C)OCCOc1c(F)cc(C(N)=S)cc1F. The number of rotatable bonds is 6. The molecule has 100 valence electrons. The summed E-state index contributed by atoms with van der Waals surface area (Å²) in [5.74, 6) is -2.10. The standard InChI is InChI=1S/C12H15F2NO2S/c1-7(2)16-3-4-17-11-9(13)5-8(12(15)18)6-10(11)14/h5-7H,3-4H2,1-2H3,(H2,15,18). The molecule has 0 amide bonds. The van der Waals surface area contributed by atoms with Gasteiger partial charge in [-0.15, -0.1) is 0 Å². The van der Waals surface area contributed by atoms with Crippen molar-refractivity contribution in [3.63, 3.8) is 0 Å². The van der Waals surface area contributed by atoms with Crippen LogP contribution >= 0.6 is 12.2 Å². The molecular weight excluding hydrogens is 260 g/mol. The normalized spacial score (nSPS) is 10.7. The van der Waals surface area contributed by atoms with Crippen LogP contribution < -0.4 is 10.5 Å². The van der Waals surface area contributed by atoms with Crippen molar-refractivity contribution < 1.29 is 18.3 Å². The van der Waals surface area contributed by atoms with Crippen molar-refractivity contribution in [1.29, 1.82) is 0 Å². The Kier molecular flexibility index (Phi) is 5.43. The summed E-state index contributed by atoms with van der Waals surface area (Å²) >= 11 is 4.64. The molecule has 0 spiro atoms. The van der Waals surface area contributed by atoms with Gasteiger partial charge in [-0.3, -0.25) is 0 Å². The van der Waals surface area contributed by atoms with Gasteiger partial charge in [0, 0.05) is 5.56 Å². The highest BCUT2D eigenvalue weighted by Crippen LogP contribution is 2.23. The first-order valence-electron chi connectivity index (χ1n) is 5.45. The van der Waals surface area contributed by atoms with Crippen LogP contribution in [0.15, 0.2) is 12.1 Å². The van der Waals surface area contributed by atoms with Crippen molar-refractivity contribution in [3.05, 3.63) is 29.3 Å². The Bertz CT molecular complexity index is 415. The molecule has 0 aliphatic heterocycles. The van der Waals surface area contributed by atoms with E-state index in [9.17, 15) is 8.78 Å². The first-order valence-corrected chi connectivity index (χ1v) is 5.86. The zero-order valence-corrected chi connectivity index (χ0v) is 11.0. The van der Waals surface area contributed by atoms with E-state index < -0.39 is 17.4 Å². The third kappa shape index (κ3) is 4.19. The summed E-state index contributed by atoms with van der Waals surface area (Å²) in [5, 5.41) is 0. The van der Waals surface area contributed by atoms with Crippen molar-refractivity contribution in [2.24, 2.45) is 5.73 Å². The summed E-state index contributed by atoms with van der Waals surface area (Å²) in [6, 6.07) is 2.09. The molecule has 0 aliphatic carbocycles. The van der Waals surface area contributed by atoms with E-state index in [0.717, 1.165) is 12.1 Å². The van der Waals surface area contributed by atoms with E-state index in [1.807, 2.05) is 13.8 Å². The van der Waals surface area contributed by atoms with E-state index >= 15 is 0 Å². The zero-order chi connectivity index (χ0) is 13.7. The number of thiocarbonyl (C=S) groups is 1. The van der Waals surface area contributed by atoms with Crippen molar-refractivity contribution in [2.45, 2.75) is 20.0 Å². The van der Waals surface area contributed by atoms with Crippen molar-refractivity contribution in [2.75, 3.05) is 13.2 Å². The van der Waals surface area contributed by atoms with Crippen LogP contribution in [0.1, 0.15) is 19.4 Å². The fraction of sp³-hybridized carbons (Fsp3) is 0.417. The Morgan fingerprint density at radius 2 is 1.83 bits per heavy atom. The van der Waals surface area contributed by atoms with Gasteiger partial charge in [-0.2, -0.15) is 0 Å². The fourth-order valence-corrected chi connectivity index (χ4v) is 1.39. The van der Waals surface area contributed by atoms with Crippen LogP contribution in [0.3, 0.4) is 0 Å². The Morgan fingerprint density at radius 3 is 2.28 bits per heavy atom. The van der Waals surface area contributed by atoms with Crippen LogP contribution in [-0.2, 0) is 4.74 Å². The second kappa shape index (κ2) is 6.61. The lowest BCUT2D eigenvalue weighted by Gasteiger charge is -2.11. The summed E-state index contributed by atoms with van der Waals surface area (Å²) < 4.78 is 37.3. The molecule has 1 rings (SSSR count). The topological polar surface area (TPSA) is 44.5 Å². The number of hydrogen-bond acceptors (Lipinski definition) is 3. The van der Waals surface area contributed by atoms with Gasteiger partial charge in [0.15, 0.2) is 17.4 Å². The molecule has 6 heteroatoms. The lowest BCUT2D eigenvalue weighted by molar-refractivity contribution is 0.0535. The second-order valence-corrected chi connectivity index (χ2v) is 4.34. The largest absolute Gasteiger partial charge is 0.485 e. The third-order valence-corrected chi connectivity index (χ3v) is 2.30. The maximum atomic E-state index is 13.5. The molecule has 1 aromatic carbocycles. The molecule has 0 aromatic heterocycles. The predicted octanol–water partition coefficient (Wildman–Crippen LogP) is 2.40. The van der Waals surface area contributed by atoms with Crippen LogP contribution in [0, 0.1) is 11.6 Å². The van der Waals surface area contributed by atoms with Gasteiger partial charge in [-0.1, -0.05) is 12.2 Å². The fourth-order valence-electron chi connectivity index (χ4n) is 1.27. The lowest BCUT2D eigenvalue weighted by atomic mass is 10.2. The molecule has 0 heterocycles. The molecule has 0 unspecified atom stereocenters. The molecule has 0 saturated carbocycles. The van der Waals surface area contributed by atoms with E-state index in [4.69, 9.17) is 15.2 Å². The van der Waals surface area contributed by atoms with Crippen LogP contribution in [0.4, 0.5) is 8.78 Å². The van der Waals surface area contributed by atoms with Gasteiger partial charge in [-0.05, 0) is 26.0 Å². The number of halogens is 2. The highest BCUT2D eigenvalue weighted by atomic mass is 32.1. The number of ether oxygens (including phenoxy) is 2. The summed E-state index contributed by atoms with van der Waals surface area (Å²) in [5.41, 5.74) is 5.42. The molecule has 0 fully saturated rings. The van der Waals surface area contributed by atoms with Crippen molar-refractivity contribution in [3.8, 4) is 5.75 Å². The Labute approximate surface area is 110 Å². The smallest absolute Gasteiger partial charge is 0.190 e. The zero-order valence-electron chi connectivity index (χ0n) is 10.2. The van der Waals surface area contributed by atoms with Gasteiger partial charge >= 0.3 is 0 Å². The Hall–Kier alpha value is -1.27. The third-order valence-electron chi connectivity index (χ3n) is 2.06. The monoisotopic (exact) mass is 275 g/mol. The highest BCUT2D eigenvalue weighted by Gasteiger charge is 2.13. The quantitative estimate of drug-likeness (QED) is 0.639. The van der Waals surface area contributed by atoms with Gasteiger partial charge in [0.25, 0.3) is 0 Å². The molecule has 0 aliphatic rings. The summed E-state index contributed by atoms with van der Waals surface area (Å²) in [7, 11) is 0. The van der Waals surface area contributed by atoms with Gasteiger partial charge in [0.1, 0.15) is 11.6 Å². The maximum absolute atomic E-state index is 13.5. The number of nitrogens with two attached hydrogens (primary N) is 1. The molecule has 0 atom stereocenters.